The van der Waals surface area contributed by atoms with E-state index in [4.69, 9.17) is 9.47 Å². The molecule has 1 heterocycles. The highest BCUT2D eigenvalue weighted by Gasteiger charge is 2.31. The zero-order chi connectivity index (χ0) is 19.2. The smallest absolute Gasteiger partial charge is 0.227 e. The van der Waals surface area contributed by atoms with E-state index in [9.17, 15) is 13.2 Å². The maximum absolute atomic E-state index is 12.6. The molecule has 0 aromatic heterocycles. The van der Waals surface area contributed by atoms with Crippen LogP contribution in [0.4, 0.5) is 5.69 Å². The van der Waals surface area contributed by atoms with Gasteiger partial charge in [-0.05, 0) is 31.4 Å². The van der Waals surface area contributed by atoms with Crippen LogP contribution in [0, 0.1) is 5.92 Å². The average Bonchev–Trinajstić information content (AvgIpc) is 2.66. The fourth-order valence-corrected chi connectivity index (χ4v) is 4.67. The summed E-state index contributed by atoms with van der Waals surface area (Å²) < 4.78 is 36.5. The highest BCUT2D eigenvalue weighted by atomic mass is 32.2. The van der Waals surface area contributed by atoms with E-state index >= 15 is 0 Å². The van der Waals surface area contributed by atoms with Crippen molar-refractivity contribution in [2.45, 2.75) is 32.6 Å². The lowest BCUT2D eigenvalue weighted by Gasteiger charge is -2.30. The maximum atomic E-state index is 12.6. The van der Waals surface area contributed by atoms with Crippen LogP contribution in [0.15, 0.2) is 18.2 Å². The van der Waals surface area contributed by atoms with Gasteiger partial charge in [0.15, 0.2) is 0 Å². The number of nitrogens with one attached hydrogen (secondary N) is 1. The normalized spacial score (nSPS) is 16.3. The molecule has 7 nitrogen and oxygen atoms in total. The summed E-state index contributed by atoms with van der Waals surface area (Å²) in [5.41, 5.74) is 0.580. The predicted octanol–water partition coefficient (Wildman–Crippen LogP) is 2.48. The number of hydrogen-bond acceptors (Lipinski definition) is 5. The quantitative estimate of drug-likeness (QED) is 0.744. The minimum absolute atomic E-state index is 0.112. The largest absolute Gasteiger partial charge is 0.497 e. The van der Waals surface area contributed by atoms with Crippen molar-refractivity contribution in [2.24, 2.45) is 5.92 Å². The molecule has 0 saturated carbocycles. The van der Waals surface area contributed by atoms with Crippen molar-refractivity contribution in [2.75, 3.05) is 38.4 Å². The Bertz CT molecular complexity index is 712. The number of ether oxygens (including phenoxy) is 2. The van der Waals surface area contributed by atoms with Crippen LogP contribution >= 0.6 is 0 Å². The van der Waals surface area contributed by atoms with Gasteiger partial charge in [-0.2, -0.15) is 0 Å². The molecule has 0 unspecified atom stereocenters. The molecule has 0 spiro atoms. The summed E-state index contributed by atoms with van der Waals surface area (Å²) >= 11 is 0. The number of benzene rings is 1. The fraction of sp³-hybridized carbons (Fsp3) is 0.611. The number of piperidine rings is 1. The van der Waals surface area contributed by atoms with Crippen LogP contribution in [0.3, 0.4) is 0 Å². The Balaban J connectivity index is 1.95. The molecule has 1 fully saturated rings. The van der Waals surface area contributed by atoms with E-state index in [0.29, 0.717) is 49.5 Å². The molecule has 1 aliphatic heterocycles. The molecule has 0 radical (unpaired) electrons. The number of hydrogen-bond donors (Lipinski definition) is 1. The van der Waals surface area contributed by atoms with Gasteiger partial charge in [0.2, 0.25) is 15.9 Å². The van der Waals surface area contributed by atoms with Crippen LogP contribution in [0.1, 0.15) is 32.6 Å². The minimum atomic E-state index is -3.20. The highest BCUT2D eigenvalue weighted by molar-refractivity contribution is 7.89. The van der Waals surface area contributed by atoms with Gasteiger partial charge in [0.25, 0.3) is 0 Å². The monoisotopic (exact) mass is 384 g/mol. The molecule has 1 aliphatic rings. The van der Waals surface area contributed by atoms with Crippen molar-refractivity contribution in [1.82, 2.24) is 4.31 Å². The number of nitrogens with zero attached hydrogens (tertiary/aromatic N) is 1. The molecule has 2 rings (SSSR count). The molecule has 146 valence electrons. The molecule has 1 saturated heterocycles. The van der Waals surface area contributed by atoms with E-state index < -0.39 is 10.0 Å². The molecular formula is C18H28N2O5S. The first kappa shape index (κ1) is 20.5. The third kappa shape index (κ3) is 5.11. The molecule has 1 aromatic carbocycles. The van der Waals surface area contributed by atoms with Gasteiger partial charge < -0.3 is 14.8 Å². The first-order valence-corrected chi connectivity index (χ1v) is 10.5. The number of methoxy groups -OCH3 is 2. The number of unbranched alkanes of at least 4 members (excludes halogenated alkanes) is 1. The minimum Gasteiger partial charge on any atom is -0.497 e. The fourth-order valence-electron chi connectivity index (χ4n) is 2.99. The van der Waals surface area contributed by atoms with E-state index in [-0.39, 0.29) is 17.6 Å². The van der Waals surface area contributed by atoms with Crippen LogP contribution in [-0.2, 0) is 14.8 Å². The SMILES string of the molecule is CCCCS(=O)(=O)N1CCC(C(=O)Nc2ccc(OC)cc2OC)CC1. The second kappa shape index (κ2) is 9.23. The zero-order valence-corrected chi connectivity index (χ0v) is 16.5. The van der Waals surface area contributed by atoms with Crippen LogP contribution in [0.2, 0.25) is 0 Å². The summed E-state index contributed by atoms with van der Waals surface area (Å²) in [7, 11) is -0.107. The summed E-state index contributed by atoms with van der Waals surface area (Å²) in [6.45, 7) is 2.76. The topological polar surface area (TPSA) is 84.9 Å². The van der Waals surface area contributed by atoms with Crippen LogP contribution in [0.5, 0.6) is 11.5 Å². The molecule has 1 amide bonds. The number of sulfonamides is 1. The van der Waals surface area contributed by atoms with E-state index in [1.54, 1.807) is 25.3 Å². The number of carbonyl (C=O) groups excluding carboxylic acids is 1. The van der Waals surface area contributed by atoms with Crippen molar-refractivity contribution in [1.29, 1.82) is 0 Å². The van der Waals surface area contributed by atoms with Crippen molar-refractivity contribution in [3.8, 4) is 11.5 Å². The summed E-state index contributed by atoms with van der Waals surface area (Å²) in [6, 6.07) is 5.19. The van der Waals surface area contributed by atoms with Gasteiger partial charge in [-0.25, -0.2) is 12.7 Å². The molecule has 0 bridgehead atoms. The van der Waals surface area contributed by atoms with Crippen LogP contribution in [-0.4, -0.2) is 51.7 Å². The molecule has 0 aliphatic carbocycles. The predicted molar refractivity (Wildman–Crippen MR) is 101 cm³/mol. The van der Waals surface area contributed by atoms with Gasteiger partial charge in [0.1, 0.15) is 11.5 Å². The van der Waals surface area contributed by atoms with Crippen LogP contribution in [0.25, 0.3) is 0 Å². The second-order valence-corrected chi connectivity index (χ2v) is 8.49. The molecule has 8 heteroatoms. The van der Waals surface area contributed by atoms with Gasteiger partial charge in [-0.1, -0.05) is 13.3 Å². The van der Waals surface area contributed by atoms with E-state index in [2.05, 4.69) is 5.32 Å². The summed E-state index contributed by atoms with van der Waals surface area (Å²) in [5.74, 6) is 1.03. The van der Waals surface area contributed by atoms with Gasteiger partial charge in [-0.3, -0.25) is 4.79 Å². The summed E-state index contributed by atoms with van der Waals surface area (Å²) in [4.78, 5) is 12.6. The number of rotatable bonds is 8. The molecule has 0 atom stereocenters. The third-order valence-corrected chi connectivity index (χ3v) is 6.60. The molecule has 1 N–H and O–H groups in total. The van der Waals surface area contributed by atoms with Gasteiger partial charge in [0, 0.05) is 25.1 Å². The summed E-state index contributed by atoms with van der Waals surface area (Å²) in [5, 5.41) is 2.88. The van der Waals surface area contributed by atoms with Crippen molar-refractivity contribution < 1.29 is 22.7 Å². The molecule has 1 aromatic rings. The van der Waals surface area contributed by atoms with Crippen molar-refractivity contribution in [3.05, 3.63) is 18.2 Å². The highest BCUT2D eigenvalue weighted by Crippen LogP contribution is 2.30. The Hall–Kier alpha value is -1.80. The maximum Gasteiger partial charge on any atom is 0.227 e. The summed E-state index contributed by atoms with van der Waals surface area (Å²) in [6.07, 6.45) is 2.56. The van der Waals surface area contributed by atoms with Crippen molar-refractivity contribution in [3.63, 3.8) is 0 Å². The lowest BCUT2D eigenvalue weighted by molar-refractivity contribution is -0.120. The van der Waals surface area contributed by atoms with E-state index in [1.807, 2.05) is 6.92 Å². The Labute approximate surface area is 155 Å². The zero-order valence-electron chi connectivity index (χ0n) is 15.7. The first-order chi connectivity index (χ1) is 12.4. The number of anilines is 1. The number of amides is 1. The van der Waals surface area contributed by atoms with Gasteiger partial charge >= 0.3 is 0 Å². The Morgan fingerprint density at radius 3 is 2.50 bits per heavy atom. The van der Waals surface area contributed by atoms with E-state index in [0.717, 1.165) is 6.42 Å². The average molecular weight is 384 g/mol. The third-order valence-electron chi connectivity index (χ3n) is 4.64. The Kier molecular flexibility index (Phi) is 7.28. The van der Waals surface area contributed by atoms with Crippen LogP contribution < -0.4 is 14.8 Å². The van der Waals surface area contributed by atoms with Gasteiger partial charge in [-0.15, -0.1) is 0 Å². The molecule has 26 heavy (non-hydrogen) atoms. The standard InChI is InChI=1S/C18H28N2O5S/c1-4-5-12-26(22,23)20-10-8-14(9-11-20)18(21)19-16-7-6-15(24-2)13-17(16)25-3/h6-7,13-14H,4-5,8-12H2,1-3H3,(H,19,21). The van der Waals surface area contributed by atoms with Gasteiger partial charge in [0.05, 0.1) is 25.7 Å². The Morgan fingerprint density at radius 2 is 1.92 bits per heavy atom. The lowest BCUT2D eigenvalue weighted by atomic mass is 9.97. The van der Waals surface area contributed by atoms with E-state index in [1.165, 1.54) is 11.4 Å². The lowest BCUT2D eigenvalue weighted by Crippen LogP contribution is -2.42. The number of carbonyl (C=O) groups is 1. The molecular weight excluding hydrogens is 356 g/mol. The Morgan fingerprint density at radius 1 is 1.23 bits per heavy atom. The first-order valence-electron chi connectivity index (χ1n) is 8.92. The van der Waals surface area contributed by atoms with Crippen molar-refractivity contribution >= 4 is 21.6 Å². The second-order valence-electron chi connectivity index (χ2n) is 6.40.